The monoisotopic (exact) mass is 232 g/mol. The molecular weight excluding hydrogens is 212 g/mol. The van der Waals surface area contributed by atoms with Gasteiger partial charge in [-0.15, -0.1) is 0 Å². The Kier molecular flexibility index (Phi) is 5.44. The average molecular weight is 232 g/mol. The molecule has 1 heterocycles. The lowest BCUT2D eigenvalue weighted by molar-refractivity contribution is 0.273. The van der Waals surface area contributed by atoms with Crippen LogP contribution in [0.25, 0.3) is 0 Å². The molecule has 1 aromatic rings. The number of nitrogens with one attached hydrogen (secondary N) is 1. The van der Waals surface area contributed by atoms with E-state index in [4.69, 9.17) is 5.26 Å². The number of rotatable bonds is 6. The van der Waals surface area contributed by atoms with Gasteiger partial charge in [0.2, 0.25) is 0 Å². The predicted molar refractivity (Wildman–Crippen MR) is 69.8 cm³/mol. The van der Waals surface area contributed by atoms with Gasteiger partial charge in [-0.05, 0) is 39.9 Å². The molecule has 0 aromatic carbocycles. The van der Waals surface area contributed by atoms with Gasteiger partial charge in [0.15, 0.2) is 0 Å². The molecule has 17 heavy (non-hydrogen) atoms. The van der Waals surface area contributed by atoms with Crippen molar-refractivity contribution in [3.8, 4) is 6.07 Å². The molecule has 0 fully saturated rings. The highest BCUT2D eigenvalue weighted by Gasteiger charge is 2.03. The third-order valence-corrected chi connectivity index (χ3v) is 2.83. The highest BCUT2D eigenvalue weighted by atomic mass is 15.1. The zero-order valence-electron chi connectivity index (χ0n) is 10.8. The lowest BCUT2D eigenvalue weighted by Crippen LogP contribution is -2.28. The molecule has 0 spiro atoms. The molecule has 92 valence electrons. The molecule has 4 heteroatoms. The third-order valence-electron chi connectivity index (χ3n) is 2.83. The maximum absolute atomic E-state index is 8.91. The van der Waals surface area contributed by atoms with Crippen molar-refractivity contribution in [2.24, 2.45) is 0 Å². The standard InChI is InChI=1S/C13H20N4/c1-11(2)17(3)8-4-6-16-13-10-15-7-5-12(13)9-14/h5,7,10-11,16H,4,6,8H2,1-3H3. The van der Waals surface area contributed by atoms with Crippen LogP contribution >= 0.6 is 0 Å². The van der Waals surface area contributed by atoms with E-state index in [1.807, 2.05) is 0 Å². The maximum Gasteiger partial charge on any atom is 0.101 e. The van der Waals surface area contributed by atoms with Gasteiger partial charge in [0.1, 0.15) is 6.07 Å². The van der Waals surface area contributed by atoms with Gasteiger partial charge in [-0.3, -0.25) is 4.98 Å². The molecule has 0 radical (unpaired) electrons. The van der Waals surface area contributed by atoms with E-state index in [-0.39, 0.29) is 0 Å². The first-order valence-corrected chi connectivity index (χ1v) is 5.93. The summed E-state index contributed by atoms with van der Waals surface area (Å²) in [4.78, 5) is 6.31. The van der Waals surface area contributed by atoms with Crippen LogP contribution in [0.1, 0.15) is 25.8 Å². The Labute approximate surface area is 103 Å². The van der Waals surface area contributed by atoms with E-state index in [1.54, 1.807) is 18.5 Å². The fourth-order valence-corrected chi connectivity index (χ4v) is 1.44. The van der Waals surface area contributed by atoms with Crippen LogP contribution < -0.4 is 5.32 Å². The molecule has 0 aliphatic carbocycles. The SMILES string of the molecule is CC(C)N(C)CCCNc1cnccc1C#N. The number of pyridine rings is 1. The van der Waals surface area contributed by atoms with Gasteiger partial charge in [0.25, 0.3) is 0 Å². The van der Waals surface area contributed by atoms with E-state index in [2.05, 4.69) is 42.2 Å². The van der Waals surface area contributed by atoms with Gasteiger partial charge in [-0.2, -0.15) is 5.26 Å². The highest BCUT2D eigenvalue weighted by Crippen LogP contribution is 2.11. The molecule has 0 saturated carbocycles. The molecule has 0 aliphatic heterocycles. The minimum absolute atomic E-state index is 0.572. The summed E-state index contributed by atoms with van der Waals surface area (Å²) in [6.45, 7) is 6.27. The van der Waals surface area contributed by atoms with Crippen LogP contribution in [-0.2, 0) is 0 Å². The topological polar surface area (TPSA) is 52.0 Å². The largest absolute Gasteiger partial charge is 0.383 e. The van der Waals surface area contributed by atoms with Crippen LogP contribution in [0.2, 0.25) is 0 Å². The Morgan fingerprint density at radius 2 is 2.29 bits per heavy atom. The molecule has 1 aromatic heterocycles. The number of nitrogens with zero attached hydrogens (tertiary/aromatic N) is 3. The number of aromatic nitrogens is 1. The van der Waals surface area contributed by atoms with E-state index in [9.17, 15) is 0 Å². The fraction of sp³-hybridized carbons (Fsp3) is 0.538. The van der Waals surface area contributed by atoms with E-state index in [0.717, 1.165) is 25.2 Å². The van der Waals surface area contributed by atoms with Crippen molar-refractivity contribution in [1.29, 1.82) is 5.26 Å². The van der Waals surface area contributed by atoms with Gasteiger partial charge in [-0.1, -0.05) is 0 Å². The van der Waals surface area contributed by atoms with Crippen molar-refractivity contribution < 1.29 is 0 Å². The second-order valence-corrected chi connectivity index (χ2v) is 4.39. The molecule has 0 amide bonds. The minimum Gasteiger partial charge on any atom is -0.383 e. The number of nitriles is 1. The van der Waals surface area contributed by atoms with Gasteiger partial charge in [-0.25, -0.2) is 0 Å². The average Bonchev–Trinajstić information content (AvgIpc) is 2.34. The first kappa shape index (κ1) is 13.5. The third kappa shape index (κ3) is 4.41. The number of hydrogen-bond acceptors (Lipinski definition) is 4. The summed E-state index contributed by atoms with van der Waals surface area (Å²) >= 11 is 0. The van der Waals surface area contributed by atoms with Crippen molar-refractivity contribution in [2.75, 3.05) is 25.5 Å². The van der Waals surface area contributed by atoms with E-state index >= 15 is 0 Å². The zero-order chi connectivity index (χ0) is 12.7. The summed E-state index contributed by atoms with van der Waals surface area (Å²) in [5.41, 5.74) is 1.47. The summed E-state index contributed by atoms with van der Waals surface area (Å²) in [7, 11) is 2.12. The second-order valence-electron chi connectivity index (χ2n) is 4.39. The van der Waals surface area contributed by atoms with Crippen molar-refractivity contribution >= 4 is 5.69 Å². The van der Waals surface area contributed by atoms with Gasteiger partial charge in [0.05, 0.1) is 17.4 Å². The fourth-order valence-electron chi connectivity index (χ4n) is 1.44. The van der Waals surface area contributed by atoms with Crippen LogP contribution in [0.5, 0.6) is 0 Å². The van der Waals surface area contributed by atoms with Crippen molar-refractivity contribution in [3.05, 3.63) is 24.0 Å². The van der Waals surface area contributed by atoms with Crippen LogP contribution in [-0.4, -0.2) is 36.1 Å². The van der Waals surface area contributed by atoms with Crippen molar-refractivity contribution in [1.82, 2.24) is 9.88 Å². The first-order valence-electron chi connectivity index (χ1n) is 5.93. The van der Waals surface area contributed by atoms with Crippen LogP contribution in [0.15, 0.2) is 18.5 Å². The molecule has 4 nitrogen and oxygen atoms in total. The summed E-state index contributed by atoms with van der Waals surface area (Å²) in [6, 6.07) is 4.45. The number of anilines is 1. The molecule has 1 N–H and O–H groups in total. The first-order chi connectivity index (χ1) is 8.15. The predicted octanol–water partition coefficient (Wildman–Crippen LogP) is 2.10. The summed E-state index contributed by atoms with van der Waals surface area (Å²) < 4.78 is 0. The number of hydrogen-bond donors (Lipinski definition) is 1. The Morgan fingerprint density at radius 3 is 2.94 bits per heavy atom. The molecule has 1 rings (SSSR count). The minimum atomic E-state index is 0.572. The maximum atomic E-state index is 8.91. The normalized spacial score (nSPS) is 10.6. The van der Waals surface area contributed by atoms with Crippen LogP contribution in [0.3, 0.4) is 0 Å². The Morgan fingerprint density at radius 1 is 1.53 bits per heavy atom. The van der Waals surface area contributed by atoms with Crippen molar-refractivity contribution in [3.63, 3.8) is 0 Å². The highest BCUT2D eigenvalue weighted by molar-refractivity contribution is 5.55. The van der Waals surface area contributed by atoms with E-state index in [0.29, 0.717) is 11.6 Å². The quantitative estimate of drug-likeness (QED) is 0.763. The Hall–Kier alpha value is -1.60. The summed E-state index contributed by atoms with van der Waals surface area (Å²) in [5, 5.41) is 12.2. The van der Waals surface area contributed by atoms with E-state index in [1.165, 1.54) is 0 Å². The molecule has 0 atom stereocenters. The molecule has 0 saturated heterocycles. The lowest BCUT2D eigenvalue weighted by atomic mass is 10.2. The van der Waals surface area contributed by atoms with Gasteiger partial charge < -0.3 is 10.2 Å². The Balaban J connectivity index is 2.34. The molecule has 0 bridgehead atoms. The summed E-state index contributed by atoms with van der Waals surface area (Å²) in [6.07, 6.45) is 4.38. The van der Waals surface area contributed by atoms with Crippen LogP contribution in [0.4, 0.5) is 5.69 Å². The van der Waals surface area contributed by atoms with Crippen LogP contribution in [0, 0.1) is 11.3 Å². The summed E-state index contributed by atoms with van der Waals surface area (Å²) in [5.74, 6) is 0. The molecule has 0 aliphatic rings. The molecule has 0 unspecified atom stereocenters. The smallest absolute Gasteiger partial charge is 0.101 e. The molecular formula is C13H20N4. The van der Waals surface area contributed by atoms with Gasteiger partial charge in [0, 0.05) is 18.8 Å². The zero-order valence-corrected chi connectivity index (χ0v) is 10.8. The van der Waals surface area contributed by atoms with Crippen molar-refractivity contribution in [2.45, 2.75) is 26.3 Å². The van der Waals surface area contributed by atoms with Gasteiger partial charge >= 0.3 is 0 Å². The lowest BCUT2D eigenvalue weighted by Gasteiger charge is -2.20. The Bertz CT molecular complexity index is 381. The second kappa shape index (κ2) is 6.87. The van der Waals surface area contributed by atoms with E-state index < -0.39 is 0 Å².